The topological polar surface area (TPSA) is 59.6 Å². The maximum atomic E-state index is 5.47. The predicted octanol–water partition coefficient (Wildman–Crippen LogP) is 3.82. The molecule has 0 saturated carbocycles. The number of aromatic nitrogens is 2. The molecule has 1 aromatic heterocycles. The van der Waals surface area contributed by atoms with Gasteiger partial charge in [-0.15, -0.1) is 0 Å². The molecule has 2 aromatic carbocycles. The fourth-order valence-corrected chi connectivity index (χ4v) is 4.23. The van der Waals surface area contributed by atoms with Crippen LogP contribution in [0.3, 0.4) is 0 Å². The largest absolute Gasteiger partial charge is 0.497 e. The van der Waals surface area contributed by atoms with Crippen molar-refractivity contribution in [3.8, 4) is 17.2 Å². The molecule has 4 rings (SSSR count). The lowest BCUT2D eigenvalue weighted by atomic mass is 9.87. The van der Waals surface area contributed by atoms with E-state index in [9.17, 15) is 0 Å². The van der Waals surface area contributed by atoms with Gasteiger partial charge in [0.1, 0.15) is 5.75 Å². The molecule has 29 heavy (non-hydrogen) atoms. The summed E-state index contributed by atoms with van der Waals surface area (Å²) in [5, 5.41) is 7.36. The van der Waals surface area contributed by atoms with Gasteiger partial charge >= 0.3 is 0 Å². The minimum Gasteiger partial charge on any atom is -0.497 e. The Kier molecular flexibility index (Phi) is 5.71. The monoisotopic (exact) mass is 393 g/mol. The van der Waals surface area contributed by atoms with Gasteiger partial charge in [0.15, 0.2) is 11.5 Å². The van der Waals surface area contributed by atoms with Gasteiger partial charge in [-0.05, 0) is 41.5 Å². The number of likely N-dealkylation sites (tertiary alicyclic amines) is 1. The molecule has 0 bridgehead atoms. The number of nitrogens with zero attached hydrogens (tertiary/aromatic N) is 2. The summed E-state index contributed by atoms with van der Waals surface area (Å²) in [6.07, 6.45) is 1.83. The van der Waals surface area contributed by atoms with Gasteiger partial charge in [-0.3, -0.25) is 10.00 Å². The van der Waals surface area contributed by atoms with E-state index in [0.29, 0.717) is 11.8 Å². The summed E-state index contributed by atoms with van der Waals surface area (Å²) < 4.78 is 16.1. The number of ether oxygens (including phenoxy) is 3. The lowest BCUT2D eigenvalue weighted by Gasteiger charge is -2.18. The Morgan fingerprint density at radius 1 is 0.897 bits per heavy atom. The third-order valence-electron chi connectivity index (χ3n) is 5.72. The predicted molar refractivity (Wildman–Crippen MR) is 112 cm³/mol. The first-order valence-electron chi connectivity index (χ1n) is 9.78. The molecule has 6 heteroatoms. The number of benzene rings is 2. The van der Waals surface area contributed by atoms with E-state index >= 15 is 0 Å². The molecule has 1 N–H and O–H groups in total. The summed E-state index contributed by atoms with van der Waals surface area (Å²) in [4.78, 5) is 2.49. The van der Waals surface area contributed by atoms with Gasteiger partial charge in [0.05, 0.1) is 21.3 Å². The van der Waals surface area contributed by atoms with E-state index in [0.717, 1.165) is 36.9 Å². The van der Waals surface area contributed by atoms with Crippen LogP contribution in [0.25, 0.3) is 0 Å². The molecular formula is C23H27N3O3. The van der Waals surface area contributed by atoms with Crippen LogP contribution in [0.4, 0.5) is 0 Å². The fourth-order valence-electron chi connectivity index (χ4n) is 4.23. The van der Waals surface area contributed by atoms with Crippen LogP contribution in [0.15, 0.2) is 54.7 Å². The highest BCUT2D eigenvalue weighted by atomic mass is 16.5. The summed E-state index contributed by atoms with van der Waals surface area (Å²) in [6.45, 7) is 2.80. The number of rotatable bonds is 7. The van der Waals surface area contributed by atoms with Crippen molar-refractivity contribution in [1.29, 1.82) is 0 Å². The van der Waals surface area contributed by atoms with E-state index < -0.39 is 0 Å². The third kappa shape index (κ3) is 4.07. The van der Waals surface area contributed by atoms with Crippen LogP contribution in [-0.4, -0.2) is 49.5 Å². The smallest absolute Gasteiger partial charge is 0.161 e. The summed E-state index contributed by atoms with van der Waals surface area (Å²) >= 11 is 0. The molecule has 0 spiro atoms. The lowest BCUT2D eigenvalue weighted by Crippen LogP contribution is -2.20. The Morgan fingerprint density at radius 2 is 1.66 bits per heavy atom. The van der Waals surface area contributed by atoms with Crippen molar-refractivity contribution in [3.05, 3.63) is 71.5 Å². The lowest BCUT2D eigenvalue weighted by molar-refractivity contribution is 0.320. The molecule has 6 nitrogen and oxygen atoms in total. The number of nitrogens with one attached hydrogen (secondary N) is 1. The highest BCUT2D eigenvalue weighted by Gasteiger charge is 2.35. The quantitative estimate of drug-likeness (QED) is 0.661. The average Bonchev–Trinajstić information content (AvgIpc) is 3.43. The summed E-state index contributed by atoms with van der Waals surface area (Å²) in [5.41, 5.74) is 3.71. The van der Waals surface area contributed by atoms with Crippen molar-refractivity contribution < 1.29 is 14.2 Å². The number of hydrogen-bond acceptors (Lipinski definition) is 5. The van der Waals surface area contributed by atoms with Gasteiger partial charge in [-0.1, -0.05) is 18.2 Å². The molecule has 152 valence electrons. The van der Waals surface area contributed by atoms with Gasteiger partial charge in [0, 0.05) is 43.4 Å². The minimum absolute atomic E-state index is 0.367. The van der Waals surface area contributed by atoms with Crippen LogP contribution in [-0.2, 0) is 6.54 Å². The van der Waals surface area contributed by atoms with Gasteiger partial charge < -0.3 is 14.2 Å². The first kappa shape index (κ1) is 19.3. The summed E-state index contributed by atoms with van der Waals surface area (Å²) in [5.74, 6) is 3.16. The third-order valence-corrected chi connectivity index (χ3v) is 5.72. The van der Waals surface area contributed by atoms with Gasteiger partial charge in [-0.2, -0.15) is 5.10 Å². The van der Waals surface area contributed by atoms with Crippen LogP contribution in [0.2, 0.25) is 0 Å². The number of hydrogen-bond donors (Lipinski definition) is 1. The van der Waals surface area contributed by atoms with Gasteiger partial charge in [-0.25, -0.2) is 0 Å². The van der Waals surface area contributed by atoms with E-state index in [1.165, 1.54) is 16.8 Å². The number of methoxy groups -OCH3 is 3. The molecule has 2 heterocycles. The molecule has 3 aromatic rings. The van der Waals surface area contributed by atoms with Gasteiger partial charge in [0.25, 0.3) is 0 Å². The molecule has 0 amide bonds. The van der Waals surface area contributed by atoms with Crippen molar-refractivity contribution in [1.82, 2.24) is 15.1 Å². The van der Waals surface area contributed by atoms with Crippen LogP contribution >= 0.6 is 0 Å². The summed E-state index contributed by atoms with van der Waals surface area (Å²) in [7, 11) is 5.03. The van der Waals surface area contributed by atoms with E-state index in [-0.39, 0.29) is 0 Å². The van der Waals surface area contributed by atoms with Crippen molar-refractivity contribution in [2.24, 2.45) is 0 Å². The fraction of sp³-hybridized carbons (Fsp3) is 0.348. The minimum atomic E-state index is 0.367. The first-order valence-corrected chi connectivity index (χ1v) is 9.78. The second-order valence-corrected chi connectivity index (χ2v) is 7.38. The maximum Gasteiger partial charge on any atom is 0.161 e. The Hall–Kier alpha value is -2.99. The van der Waals surface area contributed by atoms with Crippen molar-refractivity contribution >= 4 is 0 Å². The Bertz CT molecular complexity index is 925. The molecule has 0 aliphatic carbocycles. The molecule has 2 atom stereocenters. The zero-order valence-electron chi connectivity index (χ0n) is 17.1. The van der Waals surface area contributed by atoms with Crippen molar-refractivity contribution in [2.75, 3.05) is 34.4 Å². The highest BCUT2D eigenvalue weighted by Crippen LogP contribution is 2.40. The Balaban J connectivity index is 1.56. The second-order valence-electron chi connectivity index (χ2n) is 7.38. The van der Waals surface area contributed by atoms with E-state index in [4.69, 9.17) is 14.2 Å². The summed E-state index contributed by atoms with van der Waals surface area (Å²) in [6, 6.07) is 16.6. The van der Waals surface area contributed by atoms with Crippen molar-refractivity contribution in [2.45, 2.75) is 18.4 Å². The molecule has 1 aliphatic rings. The van der Waals surface area contributed by atoms with Crippen LogP contribution < -0.4 is 14.2 Å². The van der Waals surface area contributed by atoms with Crippen LogP contribution in [0.5, 0.6) is 17.2 Å². The number of H-pyrrole nitrogens is 1. The second kappa shape index (κ2) is 8.57. The molecule has 1 saturated heterocycles. The normalized spacial score (nSPS) is 19.3. The number of aromatic amines is 1. The van der Waals surface area contributed by atoms with Crippen molar-refractivity contribution in [3.63, 3.8) is 0 Å². The average molecular weight is 393 g/mol. The maximum absolute atomic E-state index is 5.47. The standard InChI is InChI=1S/C23H27N3O3/c1-27-18-7-5-17(6-8-18)19-14-26(15-20(19)21-10-11-24-25-21)13-16-4-9-22(28-2)23(12-16)29-3/h4-12,19-20H,13-15H2,1-3H3,(H,24,25)/t19-,20+/m0/s1. The Morgan fingerprint density at radius 3 is 2.31 bits per heavy atom. The molecule has 1 fully saturated rings. The first-order chi connectivity index (χ1) is 14.2. The molecule has 0 unspecified atom stereocenters. The van der Waals surface area contributed by atoms with Crippen LogP contribution in [0, 0.1) is 0 Å². The molecular weight excluding hydrogens is 366 g/mol. The molecule has 0 radical (unpaired) electrons. The Labute approximate surface area is 171 Å². The van der Waals surface area contributed by atoms with E-state index in [2.05, 4.69) is 45.4 Å². The zero-order chi connectivity index (χ0) is 20.2. The SMILES string of the molecule is COc1ccc([C@@H]2CN(Cc3ccc(OC)c(OC)c3)C[C@H]2c2ccn[nH]2)cc1. The van der Waals surface area contributed by atoms with Crippen LogP contribution in [0.1, 0.15) is 28.7 Å². The van der Waals surface area contributed by atoms with E-state index in [1.807, 2.05) is 24.4 Å². The molecule has 1 aliphatic heterocycles. The zero-order valence-corrected chi connectivity index (χ0v) is 17.1. The highest BCUT2D eigenvalue weighted by molar-refractivity contribution is 5.43. The van der Waals surface area contributed by atoms with E-state index in [1.54, 1.807) is 21.3 Å². The van der Waals surface area contributed by atoms with Gasteiger partial charge in [0.2, 0.25) is 0 Å².